The first-order chi connectivity index (χ1) is 9.15. The molecule has 0 unspecified atom stereocenters. The van der Waals surface area contributed by atoms with E-state index in [1.54, 1.807) is 26.2 Å². The summed E-state index contributed by atoms with van der Waals surface area (Å²) < 4.78 is 29.2. The van der Waals surface area contributed by atoms with Crippen molar-refractivity contribution >= 4 is 0 Å². The molecule has 0 spiro atoms. The zero-order chi connectivity index (χ0) is 14.1. The molecule has 108 valence electrons. The monoisotopic (exact) mass is 271 g/mol. The maximum Gasteiger partial charge on any atom is 0.131 e. The zero-order valence-electron chi connectivity index (χ0n) is 11.5. The fourth-order valence-corrected chi connectivity index (χ4v) is 1.59. The summed E-state index contributed by atoms with van der Waals surface area (Å²) in [5.74, 6) is 0.149. The van der Waals surface area contributed by atoms with Crippen LogP contribution in [0.3, 0.4) is 0 Å². The van der Waals surface area contributed by atoms with Gasteiger partial charge in [0.2, 0.25) is 0 Å². The molecule has 0 aliphatic heterocycles. The molecule has 0 radical (unpaired) electrons. The molecule has 1 aromatic carbocycles. The number of hydrogen-bond acceptors (Lipinski definition) is 4. The van der Waals surface area contributed by atoms with Gasteiger partial charge in [-0.2, -0.15) is 0 Å². The third-order valence-electron chi connectivity index (χ3n) is 2.60. The van der Waals surface area contributed by atoms with Crippen LogP contribution in [0.1, 0.15) is 24.9 Å². The van der Waals surface area contributed by atoms with E-state index < -0.39 is 0 Å². The van der Waals surface area contributed by atoms with Gasteiger partial charge in [-0.05, 0) is 19.4 Å². The Morgan fingerprint density at radius 1 is 1.21 bits per heavy atom. The van der Waals surface area contributed by atoms with Gasteiger partial charge in [0.05, 0.1) is 6.61 Å². The van der Waals surface area contributed by atoms with Crippen molar-refractivity contribution < 1.29 is 18.6 Å². The molecular formula is C14H22FNO3. The number of halogens is 1. The molecule has 1 rings (SSSR count). The van der Waals surface area contributed by atoms with Crippen molar-refractivity contribution in [3.63, 3.8) is 0 Å². The van der Waals surface area contributed by atoms with Gasteiger partial charge >= 0.3 is 0 Å². The van der Waals surface area contributed by atoms with Gasteiger partial charge in [-0.25, -0.2) is 4.39 Å². The van der Waals surface area contributed by atoms with E-state index in [0.717, 1.165) is 6.42 Å². The molecule has 1 aromatic rings. The van der Waals surface area contributed by atoms with E-state index in [1.807, 2.05) is 0 Å². The lowest BCUT2D eigenvalue weighted by atomic mass is 10.1. The van der Waals surface area contributed by atoms with Crippen molar-refractivity contribution in [3.8, 4) is 5.75 Å². The maximum atomic E-state index is 13.6. The SMILES string of the molecule is COCCCOCCOc1ccc([C@H](C)N)c(F)c1. The Labute approximate surface area is 113 Å². The average molecular weight is 271 g/mol. The lowest BCUT2D eigenvalue weighted by Gasteiger charge is -2.10. The molecule has 0 aliphatic rings. The van der Waals surface area contributed by atoms with Crippen molar-refractivity contribution in [2.75, 3.05) is 33.5 Å². The molecule has 0 bridgehead atoms. The van der Waals surface area contributed by atoms with Gasteiger partial charge in [-0.15, -0.1) is 0 Å². The Bertz CT molecular complexity index is 372. The van der Waals surface area contributed by atoms with Crippen molar-refractivity contribution in [2.24, 2.45) is 5.73 Å². The van der Waals surface area contributed by atoms with E-state index in [0.29, 0.717) is 37.7 Å². The Kier molecular flexibility index (Phi) is 7.40. The number of nitrogens with two attached hydrogens (primary N) is 1. The smallest absolute Gasteiger partial charge is 0.131 e. The van der Waals surface area contributed by atoms with Gasteiger partial charge in [-0.3, -0.25) is 0 Å². The standard InChI is InChI=1S/C14H22FNO3/c1-11(16)13-5-4-12(10-14(13)15)19-9-8-18-7-3-6-17-2/h4-5,10-11H,3,6-9,16H2,1-2H3/t11-/m0/s1. The Balaban J connectivity index is 2.25. The Morgan fingerprint density at radius 3 is 2.63 bits per heavy atom. The molecule has 0 saturated carbocycles. The van der Waals surface area contributed by atoms with Gasteiger partial charge in [0.15, 0.2) is 0 Å². The number of hydrogen-bond donors (Lipinski definition) is 1. The van der Waals surface area contributed by atoms with Gasteiger partial charge in [0, 0.05) is 38.0 Å². The lowest BCUT2D eigenvalue weighted by molar-refractivity contribution is 0.0805. The molecular weight excluding hydrogens is 249 g/mol. The normalized spacial score (nSPS) is 12.4. The van der Waals surface area contributed by atoms with Crippen molar-refractivity contribution in [2.45, 2.75) is 19.4 Å². The third kappa shape index (κ3) is 6.00. The fourth-order valence-electron chi connectivity index (χ4n) is 1.59. The van der Waals surface area contributed by atoms with Crippen LogP contribution < -0.4 is 10.5 Å². The van der Waals surface area contributed by atoms with Crippen molar-refractivity contribution in [3.05, 3.63) is 29.6 Å². The zero-order valence-corrected chi connectivity index (χ0v) is 11.5. The summed E-state index contributed by atoms with van der Waals surface area (Å²) in [5.41, 5.74) is 6.12. The summed E-state index contributed by atoms with van der Waals surface area (Å²) in [6.07, 6.45) is 0.855. The quantitative estimate of drug-likeness (QED) is 0.700. The molecule has 5 heteroatoms. The first-order valence-electron chi connectivity index (χ1n) is 6.39. The van der Waals surface area contributed by atoms with Crippen LogP contribution in [0.4, 0.5) is 4.39 Å². The second-order valence-electron chi connectivity index (χ2n) is 4.28. The lowest BCUT2D eigenvalue weighted by Crippen LogP contribution is -2.10. The van der Waals surface area contributed by atoms with Gasteiger partial charge in [0.25, 0.3) is 0 Å². The predicted molar refractivity (Wildman–Crippen MR) is 71.8 cm³/mol. The fraction of sp³-hybridized carbons (Fsp3) is 0.571. The van der Waals surface area contributed by atoms with E-state index >= 15 is 0 Å². The van der Waals surface area contributed by atoms with Gasteiger partial charge in [-0.1, -0.05) is 6.07 Å². The summed E-state index contributed by atoms with van der Waals surface area (Å²) in [6.45, 7) is 3.93. The highest BCUT2D eigenvalue weighted by Crippen LogP contribution is 2.20. The summed E-state index contributed by atoms with van der Waals surface area (Å²) >= 11 is 0. The average Bonchev–Trinajstić information content (AvgIpc) is 2.37. The molecule has 1 atom stereocenters. The molecule has 4 nitrogen and oxygen atoms in total. The van der Waals surface area contributed by atoms with E-state index in [-0.39, 0.29) is 11.9 Å². The van der Waals surface area contributed by atoms with Crippen LogP contribution in [0.5, 0.6) is 5.75 Å². The number of ether oxygens (including phenoxy) is 3. The molecule has 19 heavy (non-hydrogen) atoms. The van der Waals surface area contributed by atoms with Crippen LogP contribution in [0.2, 0.25) is 0 Å². The second kappa shape index (κ2) is 8.85. The molecule has 0 aliphatic carbocycles. The van der Waals surface area contributed by atoms with Crippen molar-refractivity contribution in [1.82, 2.24) is 0 Å². The van der Waals surface area contributed by atoms with E-state index in [4.69, 9.17) is 19.9 Å². The molecule has 0 amide bonds. The highest BCUT2D eigenvalue weighted by atomic mass is 19.1. The molecule has 0 aromatic heterocycles. The third-order valence-corrected chi connectivity index (χ3v) is 2.60. The van der Waals surface area contributed by atoms with Gasteiger partial charge in [0.1, 0.15) is 18.2 Å². The minimum Gasteiger partial charge on any atom is -0.491 e. The first-order valence-corrected chi connectivity index (χ1v) is 6.39. The van der Waals surface area contributed by atoms with Crippen LogP contribution in [0.25, 0.3) is 0 Å². The minimum atomic E-state index is -0.339. The second-order valence-corrected chi connectivity index (χ2v) is 4.28. The van der Waals surface area contributed by atoms with Gasteiger partial charge < -0.3 is 19.9 Å². The van der Waals surface area contributed by atoms with Crippen LogP contribution in [0.15, 0.2) is 18.2 Å². The summed E-state index contributed by atoms with van der Waals surface area (Å²) in [6, 6.07) is 4.39. The largest absolute Gasteiger partial charge is 0.491 e. The van der Waals surface area contributed by atoms with Crippen LogP contribution in [-0.2, 0) is 9.47 Å². The van der Waals surface area contributed by atoms with E-state index in [9.17, 15) is 4.39 Å². The van der Waals surface area contributed by atoms with Crippen LogP contribution in [-0.4, -0.2) is 33.5 Å². The summed E-state index contributed by atoms with van der Waals surface area (Å²) in [7, 11) is 1.66. The summed E-state index contributed by atoms with van der Waals surface area (Å²) in [4.78, 5) is 0. The minimum absolute atomic E-state index is 0.321. The van der Waals surface area contributed by atoms with E-state index in [1.165, 1.54) is 6.07 Å². The molecule has 0 heterocycles. The topological polar surface area (TPSA) is 53.7 Å². The number of benzene rings is 1. The van der Waals surface area contributed by atoms with Crippen LogP contribution in [0, 0.1) is 5.82 Å². The van der Waals surface area contributed by atoms with Crippen LogP contribution >= 0.6 is 0 Å². The summed E-state index contributed by atoms with van der Waals surface area (Å²) in [5, 5.41) is 0. The highest BCUT2D eigenvalue weighted by molar-refractivity contribution is 5.30. The van der Waals surface area contributed by atoms with E-state index in [2.05, 4.69) is 0 Å². The predicted octanol–water partition coefficient (Wildman–Crippen LogP) is 2.28. The Morgan fingerprint density at radius 2 is 2.00 bits per heavy atom. The number of methoxy groups -OCH3 is 1. The Hall–Kier alpha value is -1.17. The molecule has 2 N–H and O–H groups in total. The van der Waals surface area contributed by atoms with Crippen molar-refractivity contribution in [1.29, 1.82) is 0 Å². The highest BCUT2D eigenvalue weighted by Gasteiger charge is 2.07. The first kappa shape index (κ1) is 15.9. The number of rotatable bonds is 9. The molecule has 0 saturated heterocycles. The molecule has 0 fully saturated rings. The maximum absolute atomic E-state index is 13.6.